The summed E-state index contributed by atoms with van der Waals surface area (Å²) in [5, 5.41) is 0.520. The number of hydrogen-bond donors (Lipinski definition) is 0. The lowest BCUT2D eigenvalue weighted by Crippen LogP contribution is -2.26. The van der Waals surface area contributed by atoms with Crippen LogP contribution in [0.1, 0.15) is 16.8 Å². The first kappa shape index (κ1) is 22.2. The minimum absolute atomic E-state index is 0.105. The SMILES string of the molecule is Cc1ccc(CCn2c(COc3cccc(-c4ccccc4)c3)c(Cl)cc(Cl)c2=O)cc1. The molecule has 4 rings (SSSR count). The van der Waals surface area contributed by atoms with Crippen LogP contribution in [0.2, 0.25) is 10.0 Å². The summed E-state index contributed by atoms with van der Waals surface area (Å²) >= 11 is 12.6. The Morgan fingerprint density at radius 1 is 0.812 bits per heavy atom. The Balaban J connectivity index is 1.56. The van der Waals surface area contributed by atoms with E-state index in [1.165, 1.54) is 11.6 Å². The van der Waals surface area contributed by atoms with Crippen molar-refractivity contribution in [1.29, 1.82) is 0 Å². The molecule has 0 unspecified atom stereocenters. The van der Waals surface area contributed by atoms with Crippen molar-refractivity contribution in [2.45, 2.75) is 26.5 Å². The molecule has 1 aromatic heterocycles. The summed E-state index contributed by atoms with van der Waals surface area (Å²) in [5.74, 6) is 0.704. The summed E-state index contributed by atoms with van der Waals surface area (Å²) < 4.78 is 7.67. The van der Waals surface area contributed by atoms with Crippen LogP contribution in [-0.2, 0) is 19.6 Å². The molecular weight excluding hydrogens is 441 g/mol. The van der Waals surface area contributed by atoms with Crippen molar-refractivity contribution in [2.75, 3.05) is 0 Å². The number of ether oxygens (including phenoxy) is 1. The Morgan fingerprint density at radius 2 is 1.53 bits per heavy atom. The van der Waals surface area contributed by atoms with E-state index in [0.29, 0.717) is 29.4 Å². The number of aromatic nitrogens is 1. The van der Waals surface area contributed by atoms with Gasteiger partial charge in [-0.2, -0.15) is 0 Å². The second kappa shape index (κ2) is 10.1. The number of halogens is 2. The average Bonchev–Trinajstić information content (AvgIpc) is 2.81. The Labute approximate surface area is 197 Å². The van der Waals surface area contributed by atoms with Crippen LogP contribution in [-0.4, -0.2) is 4.57 Å². The third-order valence-electron chi connectivity index (χ3n) is 5.37. The molecule has 0 amide bonds. The lowest BCUT2D eigenvalue weighted by molar-refractivity contribution is 0.293. The number of benzene rings is 3. The second-order valence-corrected chi connectivity index (χ2v) is 8.48. The molecule has 0 radical (unpaired) electrons. The molecule has 0 aliphatic rings. The van der Waals surface area contributed by atoms with E-state index in [0.717, 1.165) is 16.7 Å². The van der Waals surface area contributed by atoms with Crippen LogP contribution in [0.3, 0.4) is 0 Å². The highest BCUT2D eigenvalue weighted by molar-refractivity contribution is 6.34. The standard InChI is InChI=1S/C27H23Cl2NO2/c1-19-10-12-20(13-11-19)14-15-30-26(24(28)17-25(29)27(30)31)18-32-23-9-5-8-22(16-23)21-6-3-2-4-7-21/h2-13,16-17H,14-15,18H2,1H3. The second-order valence-electron chi connectivity index (χ2n) is 7.66. The molecule has 0 saturated heterocycles. The summed E-state index contributed by atoms with van der Waals surface area (Å²) in [4.78, 5) is 12.8. The maximum atomic E-state index is 12.8. The molecule has 0 bridgehead atoms. The van der Waals surface area contributed by atoms with Crippen LogP contribution in [0.25, 0.3) is 11.1 Å². The first-order chi connectivity index (χ1) is 15.5. The predicted octanol–water partition coefficient (Wildman–Crippen LogP) is 6.95. The van der Waals surface area contributed by atoms with Gasteiger partial charge >= 0.3 is 0 Å². The highest BCUT2D eigenvalue weighted by Gasteiger charge is 2.14. The molecule has 3 nitrogen and oxygen atoms in total. The number of hydrogen-bond acceptors (Lipinski definition) is 2. The molecule has 5 heteroatoms. The number of aryl methyl sites for hydroxylation is 2. The number of pyridine rings is 1. The zero-order chi connectivity index (χ0) is 22.5. The van der Waals surface area contributed by atoms with Gasteiger partial charge in [-0.3, -0.25) is 4.79 Å². The molecular formula is C27H23Cl2NO2. The monoisotopic (exact) mass is 463 g/mol. The highest BCUT2D eigenvalue weighted by atomic mass is 35.5. The molecule has 0 saturated carbocycles. The first-order valence-corrected chi connectivity index (χ1v) is 11.2. The van der Waals surface area contributed by atoms with Crippen molar-refractivity contribution < 1.29 is 4.74 Å². The average molecular weight is 464 g/mol. The van der Waals surface area contributed by atoms with Gasteiger partial charge in [-0.05, 0) is 48.2 Å². The van der Waals surface area contributed by atoms with Crippen molar-refractivity contribution in [3.63, 3.8) is 0 Å². The Kier molecular flexibility index (Phi) is 6.99. The molecule has 0 aliphatic carbocycles. The Hall–Kier alpha value is -3.01. The van der Waals surface area contributed by atoms with Gasteiger partial charge in [0.25, 0.3) is 5.56 Å². The number of rotatable bonds is 7. The molecule has 4 aromatic rings. The zero-order valence-corrected chi connectivity index (χ0v) is 19.2. The molecule has 0 aliphatic heterocycles. The van der Waals surface area contributed by atoms with Gasteiger partial charge in [0, 0.05) is 6.54 Å². The van der Waals surface area contributed by atoms with Crippen molar-refractivity contribution in [2.24, 2.45) is 0 Å². The van der Waals surface area contributed by atoms with Gasteiger partial charge in [-0.25, -0.2) is 0 Å². The third-order valence-corrected chi connectivity index (χ3v) is 5.96. The Morgan fingerprint density at radius 3 is 2.28 bits per heavy atom. The van der Waals surface area contributed by atoms with Gasteiger partial charge in [0.1, 0.15) is 17.4 Å². The maximum Gasteiger partial charge on any atom is 0.269 e. The fourth-order valence-electron chi connectivity index (χ4n) is 3.56. The zero-order valence-electron chi connectivity index (χ0n) is 17.7. The van der Waals surface area contributed by atoms with Gasteiger partial charge in [0.15, 0.2) is 0 Å². The molecule has 162 valence electrons. The predicted molar refractivity (Wildman–Crippen MR) is 132 cm³/mol. The van der Waals surface area contributed by atoms with Crippen molar-refractivity contribution >= 4 is 23.2 Å². The van der Waals surface area contributed by atoms with Crippen molar-refractivity contribution in [3.8, 4) is 16.9 Å². The summed E-state index contributed by atoms with van der Waals surface area (Å²) in [6.07, 6.45) is 0.688. The molecule has 0 N–H and O–H groups in total. The summed E-state index contributed by atoms with van der Waals surface area (Å²) in [6, 6.07) is 27.7. The van der Waals surface area contributed by atoms with Crippen LogP contribution in [0.15, 0.2) is 89.7 Å². The quantitative estimate of drug-likeness (QED) is 0.296. The van der Waals surface area contributed by atoms with Crippen LogP contribution in [0, 0.1) is 6.92 Å². The highest BCUT2D eigenvalue weighted by Crippen LogP contribution is 2.25. The third kappa shape index (κ3) is 5.24. The molecule has 0 fully saturated rings. The fraction of sp³-hybridized carbons (Fsp3) is 0.148. The van der Waals surface area contributed by atoms with E-state index in [9.17, 15) is 4.79 Å². The van der Waals surface area contributed by atoms with Crippen LogP contribution < -0.4 is 10.3 Å². The minimum atomic E-state index is -0.264. The molecule has 0 spiro atoms. The molecule has 32 heavy (non-hydrogen) atoms. The van der Waals surface area contributed by atoms with Crippen molar-refractivity contribution in [3.05, 3.63) is 122 Å². The van der Waals surface area contributed by atoms with Gasteiger partial charge < -0.3 is 9.30 Å². The fourth-order valence-corrected chi connectivity index (χ4v) is 4.10. The van der Waals surface area contributed by atoms with Crippen molar-refractivity contribution in [1.82, 2.24) is 4.57 Å². The molecule has 1 heterocycles. The van der Waals surface area contributed by atoms with Gasteiger partial charge in [-0.1, -0.05) is 95.5 Å². The van der Waals surface area contributed by atoms with Gasteiger partial charge in [0.05, 0.1) is 10.7 Å². The van der Waals surface area contributed by atoms with E-state index >= 15 is 0 Å². The minimum Gasteiger partial charge on any atom is -0.487 e. The van der Waals surface area contributed by atoms with E-state index in [1.807, 2.05) is 49.4 Å². The smallest absolute Gasteiger partial charge is 0.269 e. The van der Waals surface area contributed by atoms with Crippen LogP contribution in [0.5, 0.6) is 5.75 Å². The van der Waals surface area contributed by atoms with E-state index in [2.05, 4.69) is 36.4 Å². The molecule has 3 aromatic carbocycles. The van der Waals surface area contributed by atoms with Gasteiger partial charge in [-0.15, -0.1) is 0 Å². The maximum absolute atomic E-state index is 12.8. The summed E-state index contributed by atoms with van der Waals surface area (Å²) in [6.45, 7) is 2.68. The van der Waals surface area contributed by atoms with Crippen LogP contribution in [0.4, 0.5) is 0 Å². The lowest BCUT2D eigenvalue weighted by Gasteiger charge is -2.16. The van der Waals surface area contributed by atoms with E-state index in [-0.39, 0.29) is 17.2 Å². The van der Waals surface area contributed by atoms with E-state index in [4.69, 9.17) is 27.9 Å². The number of nitrogens with zero attached hydrogens (tertiary/aromatic N) is 1. The lowest BCUT2D eigenvalue weighted by atomic mass is 10.1. The topological polar surface area (TPSA) is 31.2 Å². The Bertz CT molecular complexity index is 1270. The largest absolute Gasteiger partial charge is 0.487 e. The van der Waals surface area contributed by atoms with Crippen LogP contribution >= 0.6 is 23.2 Å². The summed E-state index contributed by atoms with van der Waals surface area (Å²) in [5.41, 5.74) is 4.85. The van der Waals surface area contributed by atoms with E-state index in [1.54, 1.807) is 4.57 Å². The normalized spacial score (nSPS) is 10.8. The molecule has 0 atom stereocenters. The summed E-state index contributed by atoms with van der Waals surface area (Å²) in [7, 11) is 0. The first-order valence-electron chi connectivity index (χ1n) is 10.4. The van der Waals surface area contributed by atoms with E-state index < -0.39 is 0 Å². The van der Waals surface area contributed by atoms with Gasteiger partial charge in [0.2, 0.25) is 0 Å².